The molecule has 0 spiro atoms. The minimum Gasteiger partial charge on any atom is -0.493 e. The summed E-state index contributed by atoms with van der Waals surface area (Å²) in [5.74, 6) is 1.19. The lowest BCUT2D eigenvalue weighted by molar-refractivity contribution is -0.130. The molecule has 0 bridgehead atoms. The van der Waals surface area contributed by atoms with Crippen molar-refractivity contribution in [3.63, 3.8) is 0 Å². The van der Waals surface area contributed by atoms with Gasteiger partial charge in [-0.05, 0) is 44.1 Å². The Morgan fingerprint density at radius 1 is 1.11 bits per heavy atom. The van der Waals surface area contributed by atoms with Crippen molar-refractivity contribution in [3.8, 4) is 11.5 Å². The van der Waals surface area contributed by atoms with Gasteiger partial charge in [0.1, 0.15) is 6.10 Å². The third kappa shape index (κ3) is 5.38. The van der Waals surface area contributed by atoms with Crippen molar-refractivity contribution in [2.24, 2.45) is 0 Å². The van der Waals surface area contributed by atoms with Crippen molar-refractivity contribution in [2.45, 2.75) is 38.7 Å². The molecule has 0 saturated carbocycles. The fourth-order valence-electron chi connectivity index (χ4n) is 3.81. The van der Waals surface area contributed by atoms with E-state index in [4.69, 9.17) is 9.47 Å². The normalized spacial score (nSPS) is 18.1. The number of piperidine rings is 1. The van der Waals surface area contributed by atoms with E-state index in [9.17, 15) is 9.59 Å². The highest BCUT2D eigenvalue weighted by Crippen LogP contribution is 2.30. The Kier molecular flexibility index (Phi) is 7.14. The highest BCUT2D eigenvalue weighted by atomic mass is 16.5. The van der Waals surface area contributed by atoms with Crippen molar-refractivity contribution in [2.75, 3.05) is 46.4 Å². The van der Waals surface area contributed by atoms with Gasteiger partial charge in [0.25, 0.3) is 5.91 Å². The number of hydrogen-bond donors (Lipinski definition) is 1. The smallest absolute Gasteiger partial charge is 0.251 e. The van der Waals surface area contributed by atoms with E-state index in [1.165, 1.54) is 12.8 Å². The van der Waals surface area contributed by atoms with Crippen molar-refractivity contribution >= 4 is 11.8 Å². The summed E-state index contributed by atoms with van der Waals surface area (Å²) in [4.78, 5) is 28.2. The van der Waals surface area contributed by atoms with Gasteiger partial charge < -0.3 is 24.6 Å². The van der Waals surface area contributed by atoms with Crippen LogP contribution in [-0.2, 0) is 4.79 Å². The summed E-state index contributed by atoms with van der Waals surface area (Å²) in [6, 6.07) is 5.28. The molecule has 0 radical (unpaired) electrons. The second kappa shape index (κ2) is 9.78. The highest BCUT2D eigenvalue weighted by Gasteiger charge is 2.23. The topological polar surface area (TPSA) is 71.1 Å². The molecule has 0 aromatic heterocycles. The summed E-state index contributed by atoms with van der Waals surface area (Å²) in [5.41, 5.74) is 0.568. The predicted molar refractivity (Wildman–Crippen MR) is 107 cm³/mol. The lowest BCUT2D eigenvalue weighted by Gasteiger charge is -2.31. The SMILES string of the molecule is COc1ccc(C(=O)NCCN2CCCC2)cc1OC1CCN(C(C)=O)CC1. The Bertz CT molecular complexity index is 680. The number of nitrogens with one attached hydrogen (secondary N) is 1. The zero-order valence-corrected chi connectivity index (χ0v) is 16.9. The number of benzene rings is 1. The van der Waals surface area contributed by atoms with Gasteiger partial charge in [-0.2, -0.15) is 0 Å². The van der Waals surface area contributed by atoms with Crippen LogP contribution in [0.3, 0.4) is 0 Å². The molecule has 28 heavy (non-hydrogen) atoms. The third-order valence-corrected chi connectivity index (χ3v) is 5.52. The van der Waals surface area contributed by atoms with E-state index in [0.717, 1.165) is 32.5 Å². The van der Waals surface area contributed by atoms with Crippen LogP contribution in [0.1, 0.15) is 43.0 Å². The third-order valence-electron chi connectivity index (χ3n) is 5.52. The first-order valence-corrected chi connectivity index (χ1v) is 10.2. The first kappa shape index (κ1) is 20.5. The maximum absolute atomic E-state index is 12.5. The van der Waals surface area contributed by atoms with E-state index in [1.54, 1.807) is 32.2 Å². The van der Waals surface area contributed by atoms with Crippen LogP contribution in [0.4, 0.5) is 0 Å². The fourth-order valence-corrected chi connectivity index (χ4v) is 3.81. The second-order valence-corrected chi connectivity index (χ2v) is 7.49. The van der Waals surface area contributed by atoms with Crippen LogP contribution in [0.15, 0.2) is 18.2 Å². The molecule has 1 aromatic carbocycles. The maximum Gasteiger partial charge on any atom is 0.251 e. The number of carbonyl (C=O) groups excluding carboxylic acids is 2. The number of hydrogen-bond acceptors (Lipinski definition) is 5. The van der Waals surface area contributed by atoms with Crippen molar-refractivity contribution in [1.82, 2.24) is 15.1 Å². The molecular formula is C21H31N3O4. The Morgan fingerprint density at radius 3 is 2.46 bits per heavy atom. The summed E-state index contributed by atoms with van der Waals surface area (Å²) < 4.78 is 11.5. The van der Waals surface area contributed by atoms with Gasteiger partial charge in [-0.1, -0.05) is 0 Å². The van der Waals surface area contributed by atoms with Crippen LogP contribution in [0.25, 0.3) is 0 Å². The van der Waals surface area contributed by atoms with E-state index in [-0.39, 0.29) is 17.9 Å². The molecule has 2 aliphatic heterocycles. The molecule has 2 heterocycles. The molecule has 1 aromatic rings. The van der Waals surface area contributed by atoms with Crippen LogP contribution < -0.4 is 14.8 Å². The molecule has 1 N–H and O–H groups in total. The lowest BCUT2D eigenvalue weighted by Crippen LogP contribution is -2.40. The molecule has 3 rings (SSSR count). The predicted octanol–water partition coefficient (Wildman–Crippen LogP) is 1.91. The number of ether oxygens (including phenoxy) is 2. The molecular weight excluding hydrogens is 358 g/mol. The summed E-state index contributed by atoms with van der Waals surface area (Å²) in [7, 11) is 1.59. The minimum absolute atomic E-state index is 0.0120. The summed E-state index contributed by atoms with van der Waals surface area (Å²) in [6.45, 7) is 6.76. The zero-order chi connectivity index (χ0) is 19.9. The number of carbonyl (C=O) groups is 2. The van der Waals surface area contributed by atoms with Crippen LogP contribution in [-0.4, -0.2) is 74.1 Å². The van der Waals surface area contributed by atoms with Gasteiger partial charge in [0, 0.05) is 51.5 Å². The molecule has 154 valence electrons. The standard InChI is InChI=1S/C21H31N3O4/c1-16(25)24-12-7-18(8-13-24)28-20-15-17(5-6-19(20)27-2)21(26)22-9-14-23-10-3-4-11-23/h5-6,15,18H,3-4,7-14H2,1-2H3,(H,22,26). The second-order valence-electron chi connectivity index (χ2n) is 7.49. The van der Waals surface area contributed by atoms with Gasteiger partial charge in [-0.25, -0.2) is 0 Å². The van der Waals surface area contributed by atoms with Crippen molar-refractivity contribution < 1.29 is 19.1 Å². The van der Waals surface area contributed by atoms with Gasteiger partial charge in [0.05, 0.1) is 7.11 Å². The molecule has 0 aliphatic carbocycles. The Morgan fingerprint density at radius 2 is 1.82 bits per heavy atom. The van der Waals surface area contributed by atoms with E-state index in [2.05, 4.69) is 10.2 Å². The van der Waals surface area contributed by atoms with Crippen LogP contribution in [0, 0.1) is 0 Å². The monoisotopic (exact) mass is 389 g/mol. The van der Waals surface area contributed by atoms with E-state index in [0.29, 0.717) is 36.7 Å². The maximum atomic E-state index is 12.5. The van der Waals surface area contributed by atoms with Crippen LogP contribution >= 0.6 is 0 Å². The van der Waals surface area contributed by atoms with Crippen LogP contribution in [0.5, 0.6) is 11.5 Å². The highest BCUT2D eigenvalue weighted by molar-refractivity contribution is 5.94. The molecule has 2 aliphatic rings. The molecule has 2 fully saturated rings. The molecule has 2 amide bonds. The molecule has 0 unspecified atom stereocenters. The van der Waals surface area contributed by atoms with Gasteiger partial charge in [-0.15, -0.1) is 0 Å². The number of rotatable bonds is 7. The van der Waals surface area contributed by atoms with Gasteiger partial charge >= 0.3 is 0 Å². The molecule has 0 atom stereocenters. The summed E-state index contributed by atoms with van der Waals surface area (Å²) in [6.07, 6.45) is 4.05. The Labute approximate surface area is 167 Å². The van der Waals surface area contributed by atoms with Crippen LogP contribution in [0.2, 0.25) is 0 Å². The quantitative estimate of drug-likeness (QED) is 0.771. The summed E-state index contributed by atoms with van der Waals surface area (Å²) >= 11 is 0. The zero-order valence-electron chi connectivity index (χ0n) is 16.9. The minimum atomic E-state index is -0.0990. The fraction of sp³-hybridized carbons (Fsp3) is 0.619. The summed E-state index contributed by atoms with van der Waals surface area (Å²) in [5, 5.41) is 2.99. The van der Waals surface area contributed by atoms with Crippen molar-refractivity contribution in [1.29, 1.82) is 0 Å². The van der Waals surface area contributed by atoms with Gasteiger partial charge in [0.15, 0.2) is 11.5 Å². The largest absolute Gasteiger partial charge is 0.493 e. The van der Waals surface area contributed by atoms with Gasteiger partial charge in [0.2, 0.25) is 5.91 Å². The average Bonchev–Trinajstić information content (AvgIpc) is 3.22. The molecule has 7 heteroatoms. The number of likely N-dealkylation sites (tertiary alicyclic amines) is 2. The Balaban J connectivity index is 1.56. The first-order valence-electron chi connectivity index (χ1n) is 10.2. The van der Waals surface area contributed by atoms with E-state index in [1.807, 2.05) is 4.90 Å². The lowest BCUT2D eigenvalue weighted by atomic mass is 10.1. The van der Waals surface area contributed by atoms with Gasteiger partial charge in [-0.3, -0.25) is 9.59 Å². The Hall–Kier alpha value is -2.28. The first-order chi connectivity index (χ1) is 13.6. The molecule has 7 nitrogen and oxygen atoms in total. The van der Waals surface area contributed by atoms with E-state index >= 15 is 0 Å². The van der Waals surface area contributed by atoms with E-state index < -0.39 is 0 Å². The number of nitrogens with zero attached hydrogens (tertiary/aromatic N) is 2. The van der Waals surface area contributed by atoms with Crippen molar-refractivity contribution in [3.05, 3.63) is 23.8 Å². The number of amides is 2. The average molecular weight is 389 g/mol. The number of methoxy groups -OCH3 is 1. The molecule has 2 saturated heterocycles.